The van der Waals surface area contributed by atoms with Gasteiger partial charge in [0.15, 0.2) is 5.41 Å². The second-order valence-electron chi connectivity index (χ2n) is 31.0. The van der Waals surface area contributed by atoms with E-state index in [9.17, 15) is 56.8 Å². The summed E-state index contributed by atoms with van der Waals surface area (Å²) in [6.07, 6.45) is 9.84. The molecule has 5 heterocycles. The summed E-state index contributed by atoms with van der Waals surface area (Å²) in [6.45, 7) is 29.3. The predicted octanol–water partition coefficient (Wildman–Crippen LogP) is 9.28. The van der Waals surface area contributed by atoms with Crippen molar-refractivity contribution >= 4 is 63.8 Å². The molecule has 5 saturated heterocycles. The fourth-order valence-corrected chi connectivity index (χ4v) is 17.3. The number of fused-ring (bicyclic) bond motifs is 8. The summed E-state index contributed by atoms with van der Waals surface area (Å²) in [5.74, 6) is 1.53. The van der Waals surface area contributed by atoms with Crippen molar-refractivity contribution in [2.45, 2.75) is 248 Å². The predicted molar refractivity (Wildman–Crippen MR) is 324 cm³/mol. The Bertz CT molecular complexity index is 2960. The van der Waals surface area contributed by atoms with E-state index in [-0.39, 0.29) is 132 Å². The van der Waals surface area contributed by atoms with E-state index < -0.39 is 55.4 Å². The first kappa shape index (κ1) is 71.5. The molecule has 8 saturated carbocycles. The van der Waals surface area contributed by atoms with Gasteiger partial charge in [0.25, 0.3) is 10.1 Å². The molecule has 0 aromatic rings. The van der Waals surface area contributed by atoms with Gasteiger partial charge >= 0.3 is 53.7 Å². The van der Waals surface area contributed by atoms with Crippen molar-refractivity contribution in [2.24, 2.45) is 97.6 Å². The SMILES string of the molecule is CCC(C)(C)C(=O)OC.CCC(C)(C)C(=O)OC1C2CC3C(=O)OC1C3C2.CCC(C)(C)C(=O)OC1C2CC3C1OC(=O)C3(C#N)C2.CCC(C)(C)C(=O)OC1C2CC3C1OS(=O)(=O)C3C2.CCC(C)(C)C(=O)OC1COC(=O)C1.O=C1OCC2C3CCC(C3)C12. The van der Waals surface area contributed by atoms with Crippen LogP contribution in [0.1, 0.15) is 200 Å². The molecule has 13 aliphatic rings. The van der Waals surface area contributed by atoms with Gasteiger partial charge in [-0.25, -0.2) is 0 Å². The van der Waals surface area contributed by atoms with Crippen LogP contribution in [0.4, 0.5) is 0 Å². The monoisotopic (exact) mass is 1300 g/mol. The molecule has 0 N–H and O–H groups in total. The molecule has 20 atom stereocenters. The lowest BCUT2D eigenvalue weighted by Gasteiger charge is -2.30. The van der Waals surface area contributed by atoms with Crippen LogP contribution in [0.25, 0.3) is 0 Å². The van der Waals surface area contributed by atoms with E-state index in [0.717, 1.165) is 51.0 Å². The molecule has 13 rings (SSSR count). The molecule has 8 bridgehead atoms. The van der Waals surface area contributed by atoms with Gasteiger partial charge in [-0.15, -0.1) is 0 Å². The van der Waals surface area contributed by atoms with Crippen LogP contribution in [-0.4, -0.2) is 130 Å². The molecular formula is C68H101NO21S. The lowest BCUT2D eigenvalue weighted by atomic mass is 9.74. The molecular weight excluding hydrogens is 1200 g/mol. The van der Waals surface area contributed by atoms with Gasteiger partial charge in [0.05, 0.1) is 70.4 Å². The van der Waals surface area contributed by atoms with Crippen LogP contribution >= 0.6 is 0 Å². The highest BCUT2D eigenvalue weighted by Gasteiger charge is 2.73. The van der Waals surface area contributed by atoms with Gasteiger partial charge in [0, 0.05) is 41.4 Å². The normalized spacial score (nSPS) is 37.0. The molecule has 510 valence electrons. The second kappa shape index (κ2) is 26.8. The average molecular weight is 1300 g/mol. The van der Waals surface area contributed by atoms with E-state index in [2.05, 4.69) is 10.8 Å². The van der Waals surface area contributed by atoms with E-state index >= 15 is 0 Å². The zero-order chi connectivity index (χ0) is 67.5. The Morgan fingerprint density at radius 2 is 1.03 bits per heavy atom. The topological polar surface area (TPSA) is 304 Å². The minimum Gasteiger partial charge on any atom is -0.469 e. The molecule has 13 fully saturated rings. The Balaban J connectivity index is 0.000000143. The Labute approximate surface area is 537 Å². The standard InChI is InChI=1S/C15H19NO4.C14H20O4.C13H20O5S.C10H16O4.C9H12O2.C7H14O2/c1-4-14(2,3)12(17)19-10-8-5-9-11(10)20-13(18)15(9,6-8)7-16;1-4-14(2,3)13(16)18-10-7-5-8-9(6-7)12(15)17-11(8)10;1-4-13(2,3)12(14)17-10-7-5-8-9(6-7)19(15,16)18-11(8)10;1-4-10(2,3)9(12)14-7-5-8(11)13-6-7;10-9-8-6-2-1-5(3-6)7(8)4-11-9;1-5-7(2,3)6(8)9-4/h8-11H,4-6H2,1-3H3;7-11H,4-6H2,1-3H3;7-11H,4-6H2,1-3H3;7H,4-6H2,1-3H3;5-8H,1-4H2;5H2,1-4H3. The number of nitrogens with zero attached hydrogens (tertiary/aromatic N) is 1. The third-order valence-corrected chi connectivity index (χ3v) is 25.3. The summed E-state index contributed by atoms with van der Waals surface area (Å²) < 4.78 is 75.9. The van der Waals surface area contributed by atoms with E-state index in [1.807, 2.05) is 104 Å². The van der Waals surface area contributed by atoms with Gasteiger partial charge in [-0.1, -0.05) is 34.6 Å². The van der Waals surface area contributed by atoms with Crippen molar-refractivity contribution in [2.75, 3.05) is 20.3 Å². The van der Waals surface area contributed by atoms with Crippen LogP contribution < -0.4 is 0 Å². The van der Waals surface area contributed by atoms with E-state index in [1.165, 1.54) is 26.4 Å². The molecule has 0 aromatic carbocycles. The fraction of sp³-hybridized carbons (Fsp3) is 0.853. The van der Waals surface area contributed by atoms with Crippen molar-refractivity contribution in [3.8, 4) is 6.07 Å². The van der Waals surface area contributed by atoms with Gasteiger partial charge < -0.3 is 42.6 Å². The van der Waals surface area contributed by atoms with Crippen molar-refractivity contribution in [3.63, 3.8) is 0 Å². The molecule has 0 aromatic heterocycles. The maximum absolute atomic E-state index is 12.2. The maximum atomic E-state index is 12.2. The number of cyclic esters (lactones) is 2. The Morgan fingerprint density at radius 3 is 1.53 bits per heavy atom. The van der Waals surface area contributed by atoms with Crippen LogP contribution in [0.15, 0.2) is 0 Å². The van der Waals surface area contributed by atoms with Crippen molar-refractivity contribution in [1.82, 2.24) is 0 Å². The minimum absolute atomic E-state index is 0.0255. The molecule has 91 heavy (non-hydrogen) atoms. The molecule has 22 nitrogen and oxygen atoms in total. The molecule has 5 aliphatic heterocycles. The lowest BCUT2D eigenvalue weighted by molar-refractivity contribution is -0.170. The first-order valence-corrected chi connectivity index (χ1v) is 34.9. The third kappa shape index (κ3) is 13.9. The first-order valence-electron chi connectivity index (χ1n) is 33.4. The van der Waals surface area contributed by atoms with Gasteiger partial charge in [-0.05, 0) is 171 Å². The molecule has 23 heteroatoms. The quantitative estimate of drug-likeness (QED) is 0.0888. The summed E-state index contributed by atoms with van der Waals surface area (Å²) in [5.41, 5.74) is -3.28. The Kier molecular flexibility index (Phi) is 21.0. The zero-order valence-corrected chi connectivity index (χ0v) is 57.2. The van der Waals surface area contributed by atoms with Crippen molar-refractivity contribution in [1.29, 1.82) is 5.26 Å². The average Bonchev–Trinajstić information content (AvgIpc) is 1.56. The Morgan fingerprint density at radius 1 is 0.538 bits per heavy atom. The van der Waals surface area contributed by atoms with Crippen LogP contribution in [0.2, 0.25) is 0 Å². The number of nitriles is 1. The number of hydrogen-bond acceptors (Lipinski definition) is 22. The third-order valence-electron chi connectivity index (χ3n) is 23.6. The first-order chi connectivity index (χ1) is 42.4. The smallest absolute Gasteiger partial charge is 0.327 e. The number of carbonyl (C=O) groups is 9. The van der Waals surface area contributed by atoms with Crippen molar-refractivity contribution in [3.05, 3.63) is 0 Å². The number of hydrogen-bond donors (Lipinski definition) is 0. The summed E-state index contributed by atoms with van der Waals surface area (Å²) in [7, 11) is -2.02. The van der Waals surface area contributed by atoms with Gasteiger partial charge in [-0.2, -0.15) is 13.7 Å². The highest BCUT2D eigenvalue weighted by Crippen LogP contribution is 2.63. The zero-order valence-electron chi connectivity index (χ0n) is 56.4. The van der Waals surface area contributed by atoms with Gasteiger partial charge in [-0.3, -0.25) is 47.3 Å². The number of rotatable bonds is 14. The fourth-order valence-electron chi connectivity index (χ4n) is 15.4. The maximum Gasteiger partial charge on any atom is 0.327 e. The summed E-state index contributed by atoms with van der Waals surface area (Å²) in [5, 5.41) is 8.95. The highest BCUT2D eigenvalue weighted by molar-refractivity contribution is 7.87. The van der Waals surface area contributed by atoms with E-state index in [4.69, 9.17) is 42.1 Å². The van der Waals surface area contributed by atoms with Crippen LogP contribution in [0, 0.1) is 109 Å². The second-order valence-corrected chi connectivity index (χ2v) is 32.8. The largest absolute Gasteiger partial charge is 0.469 e. The minimum atomic E-state index is -3.43. The lowest BCUT2D eigenvalue weighted by Crippen LogP contribution is -2.42. The number of methoxy groups -OCH3 is 1. The van der Waals surface area contributed by atoms with Gasteiger partial charge in [0.1, 0.15) is 49.3 Å². The van der Waals surface area contributed by atoms with Crippen molar-refractivity contribution < 1.29 is 98.4 Å². The number of carbonyl (C=O) groups excluding carboxylic acids is 9. The van der Waals surface area contributed by atoms with Crippen LogP contribution in [0.5, 0.6) is 0 Å². The van der Waals surface area contributed by atoms with Crippen LogP contribution in [0.3, 0.4) is 0 Å². The molecule has 0 amide bonds. The molecule has 0 radical (unpaired) electrons. The van der Waals surface area contributed by atoms with E-state index in [1.54, 1.807) is 0 Å². The Hall–Kier alpha value is -5.37. The summed E-state index contributed by atoms with van der Waals surface area (Å²) in [4.78, 5) is 104. The van der Waals surface area contributed by atoms with Crippen LogP contribution in [-0.2, 0) is 100 Å². The summed E-state index contributed by atoms with van der Waals surface area (Å²) in [6, 6.07) is 2.15. The molecule has 20 unspecified atom stereocenters. The molecule has 0 spiro atoms. The highest BCUT2D eigenvalue weighted by atomic mass is 32.2. The number of esters is 9. The molecule has 8 aliphatic carbocycles. The van der Waals surface area contributed by atoms with E-state index in [0.29, 0.717) is 61.7 Å². The van der Waals surface area contributed by atoms with Gasteiger partial charge in [0.2, 0.25) is 0 Å². The number of ether oxygens (including phenoxy) is 9. The summed E-state index contributed by atoms with van der Waals surface area (Å²) >= 11 is 0.